The topological polar surface area (TPSA) is 137 Å². The molecule has 1 aromatic heterocycles. The Morgan fingerprint density at radius 3 is 2.48 bits per heavy atom. The van der Waals surface area contributed by atoms with E-state index >= 15 is 0 Å². The number of carbonyl (C=O) groups is 4. The number of hydrogen-bond acceptors (Lipinski definition) is 8. The second kappa shape index (κ2) is 12.6. The lowest BCUT2D eigenvalue weighted by molar-refractivity contribution is -0.384. The number of esters is 1. The summed E-state index contributed by atoms with van der Waals surface area (Å²) < 4.78 is 6.18. The summed E-state index contributed by atoms with van der Waals surface area (Å²) in [6.45, 7) is 3.48. The number of nitro groups is 1. The number of non-ortho nitro benzene ring substituents is 1. The molecule has 46 heavy (non-hydrogen) atoms. The van der Waals surface area contributed by atoms with Crippen LogP contribution in [-0.2, 0) is 20.7 Å². The van der Waals surface area contributed by atoms with E-state index < -0.39 is 23.3 Å². The fraction of sp³-hybridized carbons (Fsp3) is 0.286. The van der Waals surface area contributed by atoms with Crippen LogP contribution in [0.25, 0.3) is 22.2 Å². The highest BCUT2D eigenvalue weighted by Gasteiger charge is 2.49. The second-order valence-corrected chi connectivity index (χ2v) is 12.8. The van der Waals surface area contributed by atoms with Crippen molar-refractivity contribution in [3.8, 4) is 11.3 Å². The number of ketones is 1. The molecule has 1 aliphatic carbocycles. The van der Waals surface area contributed by atoms with Crippen molar-refractivity contribution in [2.45, 2.75) is 39.5 Å². The maximum atomic E-state index is 13.5. The molecule has 234 valence electrons. The molecule has 2 heterocycles. The molecule has 2 aliphatic rings. The van der Waals surface area contributed by atoms with Crippen LogP contribution in [0.5, 0.6) is 0 Å². The van der Waals surface area contributed by atoms with Crippen molar-refractivity contribution in [2.75, 3.05) is 11.5 Å². The van der Waals surface area contributed by atoms with E-state index in [1.807, 2.05) is 13.0 Å². The highest BCUT2D eigenvalue weighted by atomic mass is 79.9. The summed E-state index contributed by atoms with van der Waals surface area (Å²) >= 11 is 3.51. The molecule has 3 atom stereocenters. The number of anilines is 1. The molecule has 0 spiro atoms. The minimum Gasteiger partial charge on any atom is -0.454 e. The first-order chi connectivity index (χ1) is 22.0. The van der Waals surface area contributed by atoms with Gasteiger partial charge < -0.3 is 4.74 Å². The van der Waals surface area contributed by atoms with E-state index in [1.165, 1.54) is 23.1 Å². The maximum Gasteiger partial charge on any atom is 0.339 e. The van der Waals surface area contributed by atoms with Crippen molar-refractivity contribution in [3.05, 3.63) is 98.0 Å². The number of hydrogen-bond donors (Lipinski definition) is 0. The van der Waals surface area contributed by atoms with Crippen LogP contribution in [0.2, 0.25) is 0 Å². The third-order valence-corrected chi connectivity index (χ3v) is 9.34. The van der Waals surface area contributed by atoms with Crippen LogP contribution in [0, 0.1) is 27.9 Å². The monoisotopic (exact) mass is 683 g/mol. The molecular formula is C35H30BrN3O7. The Morgan fingerprint density at radius 1 is 1.02 bits per heavy atom. The zero-order chi connectivity index (χ0) is 32.7. The van der Waals surface area contributed by atoms with E-state index in [0.29, 0.717) is 40.2 Å². The Hall–Kier alpha value is -4.77. The molecule has 0 N–H and O–H groups in total. The molecule has 3 unspecified atom stereocenters. The number of aryl methyl sites for hydroxylation is 1. The Kier molecular flexibility index (Phi) is 8.52. The number of pyridine rings is 1. The van der Waals surface area contributed by atoms with Gasteiger partial charge in [-0.15, -0.1) is 0 Å². The molecule has 6 rings (SSSR count). The van der Waals surface area contributed by atoms with Gasteiger partial charge in [-0.1, -0.05) is 54.0 Å². The zero-order valence-corrected chi connectivity index (χ0v) is 26.8. The average Bonchev–Trinajstić information content (AvgIpc) is 3.30. The van der Waals surface area contributed by atoms with E-state index in [2.05, 4.69) is 22.9 Å². The molecule has 0 radical (unpaired) electrons. The molecule has 10 nitrogen and oxygen atoms in total. The van der Waals surface area contributed by atoms with E-state index in [9.17, 15) is 29.3 Å². The summed E-state index contributed by atoms with van der Waals surface area (Å²) in [6, 6.07) is 17.5. The first-order valence-corrected chi connectivity index (χ1v) is 15.9. The Balaban J connectivity index is 1.31. The minimum absolute atomic E-state index is 0.0575. The summed E-state index contributed by atoms with van der Waals surface area (Å²) in [5, 5.41) is 11.7. The van der Waals surface area contributed by atoms with Gasteiger partial charge in [-0.2, -0.15) is 0 Å². The molecular weight excluding hydrogens is 654 g/mol. The molecule has 1 aliphatic heterocycles. The quantitative estimate of drug-likeness (QED) is 0.0630. The summed E-state index contributed by atoms with van der Waals surface area (Å²) in [5.74, 6) is -1.78. The standard InChI is InChI=1S/C35H30BrN3O7/c1-3-20-14-23(36)16-27-29(35(43)46-18-31(40)22-5-4-6-25(15-22)39(44)45)17-30(37-32(20)27)21-8-10-24(11-9-21)38-33(41)26-12-7-19(2)13-28(26)34(38)42/h4-6,8-11,14-17,19,26,28H,3,7,12-13,18H2,1-2H3. The number of halogens is 1. The number of benzene rings is 3. The van der Waals surface area contributed by atoms with Gasteiger partial charge in [0.2, 0.25) is 17.6 Å². The van der Waals surface area contributed by atoms with Crippen molar-refractivity contribution in [3.63, 3.8) is 0 Å². The van der Waals surface area contributed by atoms with Gasteiger partial charge in [-0.25, -0.2) is 9.78 Å². The van der Waals surface area contributed by atoms with E-state index in [4.69, 9.17) is 9.72 Å². The zero-order valence-electron chi connectivity index (χ0n) is 25.2. The van der Waals surface area contributed by atoms with Crippen LogP contribution < -0.4 is 4.90 Å². The molecule has 2 fully saturated rings. The minimum atomic E-state index is -0.755. The van der Waals surface area contributed by atoms with Gasteiger partial charge in [0.05, 0.1) is 39.2 Å². The molecule has 3 aromatic carbocycles. The predicted molar refractivity (Wildman–Crippen MR) is 174 cm³/mol. The van der Waals surface area contributed by atoms with Gasteiger partial charge in [-0.3, -0.25) is 29.4 Å². The molecule has 1 saturated carbocycles. The number of amides is 2. The van der Waals surface area contributed by atoms with Crippen molar-refractivity contribution >= 4 is 61.8 Å². The number of rotatable bonds is 8. The number of nitro benzene ring substituents is 1. The predicted octanol–water partition coefficient (Wildman–Crippen LogP) is 7.10. The lowest BCUT2D eigenvalue weighted by atomic mass is 9.76. The van der Waals surface area contributed by atoms with Gasteiger partial charge in [0, 0.05) is 33.1 Å². The van der Waals surface area contributed by atoms with Crippen LogP contribution in [0.3, 0.4) is 0 Å². The fourth-order valence-corrected chi connectivity index (χ4v) is 6.96. The third-order valence-electron chi connectivity index (χ3n) is 8.88. The van der Waals surface area contributed by atoms with Crippen molar-refractivity contribution in [1.82, 2.24) is 4.98 Å². The van der Waals surface area contributed by atoms with Crippen LogP contribution in [0.15, 0.2) is 71.2 Å². The fourth-order valence-electron chi connectivity index (χ4n) is 6.46. The number of nitrogens with zero attached hydrogens (tertiary/aromatic N) is 3. The van der Waals surface area contributed by atoms with Crippen LogP contribution in [0.1, 0.15) is 59.4 Å². The number of ether oxygens (including phenoxy) is 1. The largest absolute Gasteiger partial charge is 0.454 e. The number of Topliss-reactive ketones (excluding diaryl/α,β-unsaturated/α-hetero) is 1. The SMILES string of the molecule is CCc1cc(Br)cc2c(C(=O)OCC(=O)c3cccc([N+](=O)[O-])c3)cc(-c3ccc(N4C(=O)C5CCC(C)CC5C4=O)cc3)nc12. The smallest absolute Gasteiger partial charge is 0.339 e. The molecule has 1 saturated heterocycles. The maximum absolute atomic E-state index is 13.5. The molecule has 11 heteroatoms. The lowest BCUT2D eigenvalue weighted by Crippen LogP contribution is -2.30. The number of carbonyl (C=O) groups excluding carboxylic acids is 4. The van der Waals surface area contributed by atoms with Crippen LogP contribution in [0.4, 0.5) is 11.4 Å². The highest BCUT2D eigenvalue weighted by Crippen LogP contribution is 2.42. The number of aromatic nitrogens is 1. The summed E-state index contributed by atoms with van der Waals surface area (Å²) in [4.78, 5) is 69.4. The second-order valence-electron chi connectivity index (χ2n) is 11.9. The third kappa shape index (κ3) is 5.82. The Labute approximate surface area is 273 Å². The van der Waals surface area contributed by atoms with Crippen molar-refractivity contribution in [1.29, 1.82) is 0 Å². The highest BCUT2D eigenvalue weighted by molar-refractivity contribution is 9.10. The Bertz CT molecular complexity index is 1920. The summed E-state index contributed by atoms with van der Waals surface area (Å²) in [6.07, 6.45) is 3.00. The van der Waals surface area contributed by atoms with E-state index in [-0.39, 0.29) is 40.5 Å². The van der Waals surface area contributed by atoms with Gasteiger partial charge in [-0.05, 0) is 67.5 Å². The summed E-state index contributed by atoms with van der Waals surface area (Å²) in [5.41, 5.74) is 3.10. The molecule has 4 aromatic rings. The first-order valence-electron chi connectivity index (χ1n) is 15.1. The molecule has 0 bridgehead atoms. The summed E-state index contributed by atoms with van der Waals surface area (Å²) in [7, 11) is 0. The lowest BCUT2D eigenvalue weighted by Gasteiger charge is -2.25. The van der Waals surface area contributed by atoms with Gasteiger partial charge in [0.15, 0.2) is 6.61 Å². The van der Waals surface area contributed by atoms with E-state index in [1.54, 1.807) is 36.4 Å². The first kappa shape index (κ1) is 31.2. The van der Waals surface area contributed by atoms with Gasteiger partial charge in [0.1, 0.15) is 0 Å². The van der Waals surface area contributed by atoms with Crippen LogP contribution in [-0.4, -0.2) is 40.1 Å². The Morgan fingerprint density at radius 2 is 1.76 bits per heavy atom. The molecule has 2 amide bonds. The normalized spacial score (nSPS) is 19.3. The van der Waals surface area contributed by atoms with E-state index in [0.717, 1.165) is 35.4 Å². The number of imide groups is 1. The van der Waals surface area contributed by atoms with Crippen molar-refractivity contribution in [2.24, 2.45) is 17.8 Å². The van der Waals surface area contributed by atoms with Gasteiger partial charge in [0.25, 0.3) is 5.69 Å². The van der Waals surface area contributed by atoms with Gasteiger partial charge >= 0.3 is 5.97 Å². The van der Waals surface area contributed by atoms with Crippen LogP contribution >= 0.6 is 15.9 Å². The van der Waals surface area contributed by atoms with Crippen molar-refractivity contribution < 1.29 is 28.8 Å². The number of fused-ring (bicyclic) bond motifs is 2. The average molecular weight is 685 g/mol.